The fraction of sp³-hybridized carbons (Fsp3) is 0.538. The summed E-state index contributed by atoms with van der Waals surface area (Å²) in [4.78, 5) is 0. The molecule has 3 heteroatoms. The van der Waals surface area contributed by atoms with E-state index in [0.29, 0.717) is 0 Å². The smallest absolute Gasteiger partial charge is 0.0541 e. The van der Waals surface area contributed by atoms with Gasteiger partial charge in [-0.2, -0.15) is 0 Å². The Morgan fingerprint density at radius 3 is 2.62 bits per heavy atom. The Bertz CT molecular complexity index is 384. The van der Waals surface area contributed by atoms with Gasteiger partial charge in [0.15, 0.2) is 0 Å². The summed E-state index contributed by atoms with van der Waals surface area (Å²) in [5.74, 6) is 0. The van der Waals surface area contributed by atoms with Crippen molar-refractivity contribution in [1.82, 2.24) is 0 Å². The topological polar surface area (TPSA) is 46.2 Å². The van der Waals surface area contributed by atoms with Crippen LogP contribution in [0.15, 0.2) is 22.7 Å². The van der Waals surface area contributed by atoms with E-state index in [1.807, 2.05) is 0 Å². The zero-order valence-corrected chi connectivity index (χ0v) is 11.1. The van der Waals surface area contributed by atoms with Crippen LogP contribution in [0.4, 0.5) is 0 Å². The maximum Gasteiger partial charge on any atom is 0.0541 e. The van der Waals surface area contributed by atoms with E-state index in [1.54, 1.807) is 0 Å². The van der Waals surface area contributed by atoms with Gasteiger partial charge in [-0.25, -0.2) is 0 Å². The molecule has 0 heterocycles. The Morgan fingerprint density at radius 2 is 2.00 bits per heavy atom. The molecule has 1 saturated carbocycles. The van der Waals surface area contributed by atoms with Crippen LogP contribution in [-0.2, 0) is 5.54 Å². The van der Waals surface area contributed by atoms with Gasteiger partial charge in [-0.1, -0.05) is 33.6 Å². The monoisotopic (exact) mass is 283 g/mol. The molecule has 0 amide bonds. The molecule has 1 aromatic rings. The Kier molecular flexibility index (Phi) is 3.38. The highest BCUT2D eigenvalue weighted by molar-refractivity contribution is 9.10. The Labute approximate surface area is 105 Å². The zero-order valence-electron chi connectivity index (χ0n) is 9.54. The van der Waals surface area contributed by atoms with Crippen LogP contribution in [-0.4, -0.2) is 11.2 Å². The summed E-state index contributed by atoms with van der Waals surface area (Å²) in [5, 5.41) is 9.54. The van der Waals surface area contributed by atoms with E-state index in [-0.39, 0.29) is 11.6 Å². The van der Waals surface area contributed by atoms with Gasteiger partial charge in [-0.3, -0.25) is 0 Å². The van der Waals surface area contributed by atoms with Crippen LogP contribution in [0.25, 0.3) is 0 Å². The van der Waals surface area contributed by atoms with Crippen molar-refractivity contribution in [3.05, 3.63) is 33.8 Å². The average molecular weight is 284 g/mol. The van der Waals surface area contributed by atoms with Crippen LogP contribution in [0.2, 0.25) is 0 Å². The van der Waals surface area contributed by atoms with Gasteiger partial charge in [0.05, 0.1) is 6.10 Å². The first kappa shape index (κ1) is 12.1. The van der Waals surface area contributed by atoms with Crippen molar-refractivity contribution in [2.45, 2.75) is 44.2 Å². The van der Waals surface area contributed by atoms with Gasteiger partial charge in [0, 0.05) is 10.0 Å². The normalized spacial score (nSPS) is 30.4. The number of hydrogen-bond acceptors (Lipinski definition) is 2. The highest BCUT2D eigenvalue weighted by Crippen LogP contribution is 2.38. The molecule has 0 aromatic heterocycles. The number of aliphatic hydroxyl groups is 1. The summed E-state index contributed by atoms with van der Waals surface area (Å²) in [7, 11) is 0. The van der Waals surface area contributed by atoms with Gasteiger partial charge < -0.3 is 10.8 Å². The minimum atomic E-state index is -0.274. The summed E-state index contributed by atoms with van der Waals surface area (Å²) < 4.78 is 1.08. The minimum absolute atomic E-state index is 0.166. The molecule has 16 heavy (non-hydrogen) atoms. The van der Waals surface area contributed by atoms with Crippen molar-refractivity contribution in [1.29, 1.82) is 0 Å². The molecule has 2 rings (SSSR count). The van der Waals surface area contributed by atoms with E-state index in [0.717, 1.165) is 30.2 Å². The number of benzene rings is 1. The van der Waals surface area contributed by atoms with Crippen molar-refractivity contribution >= 4 is 15.9 Å². The first-order valence-electron chi connectivity index (χ1n) is 5.75. The van der Waals surface area contributed by atoms with Crippen LogP contribution >= 0.6 is 15.9 Å². The lowest BCUT2D eigenvalue weighted by atomic mass is 9.76. The molecule has 1 aromatic carbocycles. The molecule has 0 aliphatic heterocycles. The van der Waals surface area contributed by atoms with Crippen molar-refractivity contribution in [2.24, 2.45) is 5.73 Å². The van der Waals surface area contributed by atoms with E-state index < -0.39 is 0 Å². The second-order valence-electron chi connectivity index (χ2n) is 4.87. The molecular weight excluding hydrogens is 266 g/mol. The lowest BCUT2D eigenvalue weighted by molar-refractivity contribution is 0.0967. The second-order valence-corrected chi connectivity index (χ2v) is 5.72. The number of rotatable bonds is 1. The number of aryl methyl sites for hydroxylation is 1. The molecule has 1 aliphatic carbocycles. The molecule has 88 valence electrons. The van der Waals surface area contributed by atoms with Crippen molar-refractivity contribution in [3.63, 3.8) is 0 Å². The fourth-order valence-corrected chi connectivity index (χ4v) is 3.05. The van der Waals surface area contributed by atoms with Crippen molar-refractivity contribution < 1.29 is 5.11 Å². The summed E-state index contributed by atoms with van der Waals surface area (Å²) in [6.45, 7) is 2.08. The Balaban J connectivity index is 2.32. The Morgan fingerprint density at radius 1 is 1.38 bits per heavy atom. The van der Waals surface area contributed by atoms with E-state index in [9.17, 15) is 5.11 Å². The third-order valence-corrected chi connectivity index (χ3v) is 4.20. The highest BCUT2D eigenvalue weighted by atomic mass is 79.9. The first-order chi connectivity index (χ1) is 7.51. The number of nitrogens with two attached hydrogens (primary N) is 1. The highest BCUT2D eigenvalue weighted by Gasteiger charge is 2.33. The molecule has 1 aliphatic rings. The average Bonchev–Trinajstić information content (AvgIpc) is 2.26. The van der Waals surface area contributed by atoms with Gasteiger partial charge in [0.2, 0.25) is 0 Å². The molecule has 0 atom stereocenters. The summed E-state index contributed by atoms with van der Waals surface area (Å²) >= 11 is 3.57. The molecule has 0 spiro atoms. The molecule has 0 bridgehead atoms. The zero-order chi connectivity index (χ0) is 11.8. The third-order valence-electron chi connectivity index (χ3n) is 3.51. The number of aliphatic hydroxyl groups excluding tert-OH is 1. The molecule has 2 nitrogen and oxygen atoms in total. The van der Waals surface area contributed by atoms with Gasteiger partial charge in [-0.05, 0) is 44.2 Å². The van der Waals surface area contributed by atoms with Crippen LogP contribution < -0.4 is 5.73 Å². The van der Waals surface area contributed by atoms with E-state index in [2.05, 4.69) is 41.1 Å². The predicted molar refractivity (Wildman–Crippen MR) is 69.2 cm³/mol. The predicted octanol–water partition coefficient (Wildman–Crippen LogP) is 2.85. The van der Waals surface area contributed by atoms with E-state index >= 15 is 0 Å². The van der Waals surface area contributed by atoms with Gasteiger partial charge in [0.1, 0.15) is 0 Å². The maximum atomic E-state index is 9.54. The van der Waals surface area contributed by atoms with Crippen molar-refractivity contribution in [2.75, 3.05) is 0 Å². The minimum Gasteiger partial charge on any atom is -0.393 e. The van der Waals surface area contributed by atoms with Crippen molar-refractivity contribution in [3.8, 4) is 0 Å². The summed E-state index contributed by atoms with van der Waals surface area (Å²) in [6, 6.07) is 6.29. The Hall–Kier alpha value is -0.380. The molecular formula is C13H18BrNO. The number of halogens is 1. The third kappa shape index (κ3) is 2.31. The molecule has 3 N–H and O–H groups in total. The lowest BCUT2D eigenvalue weighted by Crippen LogP contribution is -2.41. The molecule has 0 unspecified atom stereocenters. The van der Waals surface area contributed by atoms with Crippen LogP contribution in [0, 0.1) is 6.92 Å². The van der Waals surface area contributed by atoms with E-state index in [1.165, 1.54) is 11.1 Å². The first-order valence-corrected chi connectivity index (χ1v) is 6.54. The lowest BCUT2D eigenvalue weighted by Gasteiger charge is -2.36. The van der Waals surface area contributed by atoms with Crippen LogP contribution in [0.5, 0.6) is 0 Å². The molecule has 0 radical (unpaired) electrons. The maximum absolute atomic E-state index is 9.54. The standard InChI is InChI=1S/C13H18BrNO/c1-9-2-3-12(14)11(8-9)13(15)6-4-10(16)5-7-13/h2-3,8,10,16H,4-7,15H2,1H3. The molecule has 0 saturated heterocycles. The molecule has 1 fully saturated rings. The summed E-state index contributed by atoms with van der Waals surface area (Å²) in [5.41, 5.74) is 8.61. The quantitative estimate of drug-likeness (QED) is 0.833. The fourth-order valence-electron chi connectivity index (χ4n) is 2.41. The van der Waals surface area contributed by atoms with Gasteiger partial charge in [0.25, 0.3) is 0 Å². The largest absolute Gasteiger partial charge is 0.393 e. The summed E-state index contributed by atoms with van der Waals surface area (Å²) in [6.07, 6.45) is 3.15. The van der Waals surface area contributed by atoms with Gasteiger partial charge >= 0.3 is 0 Å². The van der Waals surface area contributed by atoms with E-state index in [4.69, 9.17) is 5.73 Å². The van der Waals surface area contributed by atoms with Gasteiger partial charge in [-0.15, -0.1) is 0 Å². The van der Waals surface area contributed by atoms with Crippen LogP contribution in [0.3, 0.4) is 0 Å². The second kappa shape index (κ2) is 4.47. The number of hydrogen-bond donors (Lipinski definition) is 2. The SMILES string of the molecule is Cc1ccc(Br)c(C2(N)CCC(O)CC2)c1. The van der Waals surface area contributed by atoms with Crippen LogP contribution in [0.1, 0.15) is 36.8 Å².